The molecule has 0 saturated carbocycles. The smallest absolute Gasteiger partial charge is 0.227 e. The molecule has 0 bridgehead atoms. The van der Waals surface area contributed by atoms with Crippen molar-refractivity contribution in [2.45, 2.75) is 45.4 Å². The van der Waals surface area contributed by atoms with E-state index >= 15 is 0 Å². The highest BCUT2D eigenvalue weighted by atomic mass is 16.2. The highest BCUT2D eigenvalue weighted by Crippen LogP contribution is 2.27. The van der Waals surface area contributed by atoms with E-state index in [0.29, 0.717) is 12.8 Å². The molecule has 4 heteroatoms. The number of anilines is 1. The molecule has 2 rings (SSSR count). The van der Waals surface area contributed by atoms with E-state index in [2.05, 4.69) is 17.6 Å². The highest BCUT2D eigenvalue weighted by molar-refractivity contribution is 5.96. The molecule has 0 saturated heterocycles. The number of hydrogen-bond donors (Lipinski definition) is 2. The van der Waals surface area contributed by atoms with Crippen LogP contribution >= 0.6 is 0 Å². The Labute approximate surface area is 126 Å². The van der Waals surface area contributed by atoms with Crippen LogP contribution in [-0.4, -0.2) is 18.4 Å². The van der Waals surface area contributed by atoms with Crippen molar-refractivity contribution < 1.29 is 9.59 Å². The lowest BCUT2D eigenvalue weighted by Gasteiger charge is -2.24. The van der Waals surface area contributed by atoms with E-state index in [1.54, 1.807) is 0 Å². The van der Waals surface area contributed by atoms with Crippen LogP contribution in [0.3, 0.4) is 0 Å². The molecule has 1 aliphatic rings. The Morgan fingerprint density at radius 2 is 2.14 bits per heavy atom. The average Bonchev–Trinajstić information content (AvgIpc) is 2.49. The number of amides is 2. The Kier molecular flexibility index (Phi) is 5.78. The van der Waals surface area contributed by atoms with Crippen LogP contribution in [-0.2, 0) is 16.0 Å². The molecule has 1 atom stereocenters. The summed E-state index contributed by atoms with van der Waals surface area (Å²) in [5.41, 5.74) is 2.06. The number of rotatable bonds is 7. The predicted molar refractivity (Wildman–Crippen MR) is 84.0 cm³/mol. The second kappa shape index (κ2) is 7.81. The van der Waals surface area contributed by atoms with Gasteiger partial charge in [-0.1, -0.05) is 38.0 Å². The Balaban J connectivity index is 1.76. The van der Waals surface area contributed by atoms with Crippen molar-refractivity contribution in [1.29, 1.82) is 0 Å². The summed E-state index contributed by atoms with van der Waals surface area (Å²) < 4.78 is 0. The maximum Gasteiger partial charge on any atom is 0.227 e. The number of benzene rings is 1. The third-order valence-corrected chi connectivity index (χ3v) is 3.93. The van der Waals surface area contributed by atoms with Crippen LogP contribution in [0.5, 0.6) is 0 Å². The molecule has 0 fully saturated rings. The van der Waals surface area contributed by atoms with Crippen molar-refractivity contribution in [2.75, 3.05) is 11.9 Å². The van der Waals surface area contributed by atoms with Crippen molar-refractivity contribution in [3.63, 3.8) is 0 Å². The molecule has 0 spiro atoms. The molecule has 4 nitrogen and oxygen atoms in total. The monoisotopic (exact) mass is 288 g/mol. The standard InChI is InChI=1S/C17H24N2O2/c1-2-3-6-11-18-16(20)10-9-14-12-13-7-4-5-8-15(13)19-17(14)21/h4-5,7-8,14H,2-3,6,9-12H2,1H3,(H,18,20)(H,19,21). The lowest BCUT2D eigenvalue weighted by molar-refractivity contribution is -0.122. The van der Waals surface area contributed by atoms with E-state index in [1.165, 1.54) is 0 Å². The molecule has 1 aliphatic heterocycles. The van der Waals surface area contributed by atoms with Gasteiger partial charge >= 0.3 is 0 Å². The zero-order chi connectivity index (χ0) is 15.1. The summed E-state index contributed by atoms with van der Waals surface area (Å²) in [6.45, 7) is 2.88. The maximum absolute atomic E-state index is 12.0. The zero-order valence-corrected chi connectivity index (χ0v) is 12.7. The minimum absolute atomic E-state index is 0.0347. The van der Waals surface area contributed by atoms with E-state index in [9.17, 15) is 9.59 Å². The number of hydrogen-bond acceptors (Lipinski definition) is 2. The Hall–Kier alpha value is -1.84. The third kappa shape index (κ3) is 4.59. The van der Waals surface area contributed by atoms with Crippen LogP contribution in [0, 0.1) is 5.92 Å². The lowest BCUT2D eigenvalue weighted by atomic mass is 9.89. The summed E-state index contributed by atoms with van der Waals surface area (Å²) in [5.74, 6) is -0.00784. The largest absolute Gasteiger partial charge is 0.356 e. The first-order chi connectivity index (χ1) is 10.2. The number of fused-ring (bicyclic) bond motifs is 1. The SMILES string of the molecule is CCCCCNC(=O)CCC1Cc2ccccc2NC1=O. The average molecular weight is 288 g/mol. The quantitative estimate of drug-likeness (QED) is 0.758. The number of carbonyl (C=O) groups excluding carboxylic acids is 2. The minimum atomic E-state index is -0.0960. The Morgan fingerprint density at radius 3 is 2.95 bits per heavy atom. The number of para-hydroxylation sites is 1. The topological polar surface area (TPSA) is 58.2 Å². The molecule has 1 aromatic carbocycles. The number of unbranched alkanes of at least 4 members (excludes halogenated alkanes) is 2. The van der Waals surface area contributed by atoms with Crippen molar-refractivity contribution >= 4 is 17.5 Å². The molecule has 21 heavy (non-hydrogen) atoms. The first-order valence-electron chi connectivity index (χ1n) is 7.86. The van der Waals surface area contributed by atoms with Gasteiger partial charge in [0.05, 0.1) is 0 Å². The Bertz CT molecular complexity index is 499. The van der Waals surface area contributed by atoms with Gasteiger partial charge in [-0.25, -0.2) is 0 Å². The molecule has 1 heterocycles. The Morgan fingerprint density at radius 1 is 1.33 bits per heavy atom. The summed E-state index contributed by atoms with van der Waals surface area (Å²) >= 11 is 0. The van der Waals surface area contributed by atoms with E-state index in [-0.39, 0.29) is 17.7 Å². The second-order valence-corrected chi connectivity index (χ2v) is 5.64. The van der Waals surface area contributed by atoms with E-state index in [0.717, 1.165) is 43.5 Å². The van der Waals surface area contributed by atoms with Gasteiger partial charge in [-0.05, 0) is 30.9 Å². The van der Waals surface area contributed by atoms with Gasteiger partial charge in [0.25, 0.3) is 0 Å². The van der Waals surface area contributed by atoms with Crippen molar-refractivity contribution in [1.82, 2.24) is 5.32 Å². The van der Waals surface area contributed by atoms with Crippen molar-refractivity contribution in [2.24, 2.45) is 5.92 Å². The van der Waals surface area contributed by atoms with Gasteiger partial charge in [0.2, 0.25) is 11.8 Å². The van der Waals surface area contributed by atoms with Crippen molar-refractivity contribution in [3.05, 3.63) is 29.8 Å². The summed E-state index contributed by atoms with van der Waals surface area (Å²) in [4.78, 5) is 23.8. The van der Waals surface area contributed by atoms with Crippen LogP contribution in [0.15, 0.2) is 24.3 Å². The van der Waals surface area contributed by atoms with Crippen LogP contribution in [0.2, 0.25) is 0 Å². The first-order valence-corrected chi connectivity index (χ1v) is 7.86. The second-order valence-electron chi connectivity index (χ2n) is 5.64. The van der Waals surface area contributed by atoms with Gasteiger partial charge in [0.1, 0.15) is 0 Å². The molecular formula is C17H24N2O2. The van der Waals surface area contributed by atoms with Crippen LogP contribution in [0.25, 0.3) is 0 Å². The summed E-state index contributed by atoms with van der Waals surface area (Å²) in [5, 5.41) is 5.84. The third-order valence-electron chi connectivity index (χ3n) is 3.93. The molecule has 114 valence electrons. The molecule has 0 aromatic heterocycles. The fourth-order valence-corrected chi connectivity index (χ4v) is 2.64. The summed E-state index contributed by atoms with van der Waals surface area (Å²) in [7, 11) is 0. The van der Waals surface area contributed by atoms with E-state index in [1.807, 2.05) is 24.3 Å². The van der Waals surface area contributed by atoms with Crippen LogP contribution in [0.4, 0.5) is 5.69 Å². The van der Waals surface area contributed by atoms with E-state index in [4.69, 9.17) is 0 Å². The maximum atomic E-state index is 12.0. The van der Waals surface area contributed by atoms with Crippen LogP contribution < -0.4 is 10.6 Å². The lowest BCUT2D eigenvalue weighted by Crippen LogP contribution is -2.32. The van der Waals surface area contributed by atoms with Gasteiger partial charge in [-0.3, -0.25) is 9.59 Å². The fraction of sp³-hybridized carbons (Fsp3) is 0.529. The molecule has 0 radical (unpaired) electrons. The van der Waals surface area contributed by atoms with Crippen molar-refractivity contribution in [3.8, 4) is 0 Å². The van der Waals surface area contributed by atoms with Gasteiger partial charge in [-0.2, -0.15) is 0 Å². The van der Waals surface area contributed by atoms with Gasteiger partial charge in [0, 0.05) is 24.6 Å². The van der Waals surface area contributed by atoms with Gasteiger partial charge in [-0.15, -0.1) is 0 Å². The van der Waals surface area contributed by atoms with Crippen LogP contribution in [0.1, 0.15) is 44.6 Å². The molecule has 2 amide bonds. The summed E-state index contributed by atoms with van der Waals surface area (Å²) in [6.07, 6.45) is 5.08. The summed E-state index contributed by atoms with van der Waals surface area (Å²) in [6, 6.07) is 7.85. The number of carbonyl (C=O) groups is 2. The van der Waals surface area contributed by atoms with Gasteiger partial charge < -0.3 is 10.6 Å². The zero-order valence-electron chi connectivity index (χ0n) is 12.7. The first kappa shape index (κ1) is 15.5. The molecule has 0 aliphatic carbocycles. The normalized spacial score (nSPS) is 17.0. The fourth-order valence-electron chi connectivity index (χ4n) is 2.64. The van der Waals surface area contributed by atoms with E-state index < -0.39 is 0 Å². The molecule has 2 N–H and O–H groups in total. The highest BCUT2D eigenvalue weighted by Gasteiger charge is 2.25. The molecular weight excluding hydrogens is 264 g/mol. The van der Waals surface area contributed by atoms with Gasteiger partial charge in [0.15, 0.2) is 0 Å². The minimum Gasteiger partial charge on any atom is -0.356 e. The molecule has 1 unspecified atom stereocenters. The number of nitrogens with one attached hydrogen (secondary N) is 2. The predicted octanol–water partition coefficient (Wildman–Crippen LogP) is 2.88. The molecule has 1 aromatic rings.